The van der Waals surface area contributed by atoms with E-state index in [1.165, 1.54) is 12.0 Å². The predicted molar refractivity (Wildman–Crippen MR) is 93.9 cm³/mol. The molecule has 130 valence electrons. The molecule has 24 heavy (non-hydrogen) atoms. The fraction of sp³-hybridized carbons (Fsp3) is 0.650. The van der Waals surface area contributed by atoms with E-state index in [2.05, 4.69) is 34.1 Å². The maximum atomic E-state index is 13.1. The average molecular weight is 328 g/mol. The van der Waals surface area contributed by atoms with Crippen LogP contribution in [0, 0.1) is 5.92 Å². The van der Waals surface area contributed by atoms with Gasteiger partial charge in [0.15, 0.2) is 0 Å². The summed E-state index contributed by atoms with van der Waals surface area (Å²) in [6, 6.07) is 10.9. The molecule has 0 aromatic heterocycles. The number of benzene rings is 1. The first-order valence-electron chi connectivity index (χ1n) is 9.48. The fourth-order valence-corrected chi connectivity index (χ4v) is 4.31. The van der Waals surface area contributed by atoms with Gasteiger partial charge in [-0.15, -0.1) is 0 Å². The lowest BCUT2D eigenvalue weighted by atomic mass is 10.00. The van der Waals surface area contributed by atoms with Crippen molar-refractivity contribution < 1.29 is 9.53 Å². The van der Waals surface area contributed by atoms with E-state index in [-0.39, 0.29) is 5.92 Å². The Bertz CT molecular complexity index is 556. The number of carbonyl (C=O) groups excluding carboxylic acids is 1. The van der Waals surface area contributed by atoms with Gasteiger partial charge in [-0.2, -0.15) is 0 Å². The molecule has 0 spiro atoms. The molecule has 1 aromatic rings. The lowest BCUT2D eigenvalue weighted by Crippen LogP contribution is -2.51. The highest BCUT2D eigenvalue weighted by molar-refractivity contribution is 5.83. The number of rotatable bonds is 4. The van der Waals surface area contributed by atoms with Crippen molar-refractivity contribution in [2.24, 2.45) is 5.92 Å². The van der Waals surface area contributed by atoms with Gasteiger partial charge >= 0.3 is 0 Å². The minimum absolute atomic E-state index is 0.220. The van der Waals surface area contributed by atoms with Gasteiger partial charge in [-0.05, 0) is 37.2 Å². The summed E-state index contributed by atoms with van der Waals surface area (Å²) in [5.41, 5.74) is 1.33. The van der Waals surface area contributed by atoms with E-state index in [0.29, 0.717) is 17.9 Å². The van der Waals surface area contributed by atoms with Crippen molar-refractivity contribution >= 4 is 5.91 Å². The third-order valence-electron chi connectivity index (χ3n) is 5.82. The van der Waals surface area contributed by atoms with Crippen molar-refractivity contribution in [3.05, 3.63) is 35.9 Å². The van der Waals surface area contributed by atoms with Crippen molar-refractivity contribution in [2.45, 2.75) is 37.6 Å². The third-order valence-corrected chi connectivity index (χ3v) is 5.82. The highest BCUT2D eigenvalue weighted by Gasteiger charge is 2.47. The molecule has 1 aromatic carbocycles. The first-order valence-corrected chi connectivity index (χ1v) is 9.48. The summed E-state index contributed by atoms with van der Waals surface area (Å²) >= 11 is 0. The monoisotopic (exact) mass is 328 g/mol. The zero-order valence-electron chi connectivity index (χ0n) is 14.4. The summed E-state index contributed by atoms with van der Waals surface area (Å²) in [5.74, 6) is 1.07. The molecule has 4 heteroatoms. The smallest absolute Gasteiger partial charge is 0.226 e. The van der Waals surface area contributed by atoms with Crippen LogP contribution in [0.5, 0.6) is 0 Å². The van der Waals surface area contributed by atoms with Gasteiger partial charge < -0.3 is 9.64 Å². The molecule has 1 aliphatic carbocycles. The van der Waals surface area contributed by atoms with Crippen molar-refractivity contribution in [1.29, 1.82) is 0 Å². The third kappa shape index (κ3) is 3.50. The van der Waals surface area contributed by atoms with Crippen LogP contribution in [0.15, 0.2) is 30.3 Å². The summed E-state index contributed by atoms with van der Waals surface area (Å²) in [4.78, 5) is 17.8. The number of piperidine rings is 1. The quantitative estimate of drug-likeness (QED) is 0.851. The van der Waals surface area contributed by atoms with E-state index in [4.69, 9.17) is 4.74 Å². The summed E-state index contributed by atoms with van der Waals surface area (Å²) in [6.45, 7) is 5.66. The molecule has 2 heterocycles. The van der Waals surface area contributed by atoms with Crippen molar-refractivity contribution in [1.82, 2.24) is 9.80 Å². The molecule has 3 aliphatic rings. The molecule has 0 unspecified atom stereocenters. The van der Waals surface area contributed by atoms with Crippen LogP contribution >= 0.6 is 0 Å². The lowest BCUT2D eigenvalue weighted by Gasteiger charge is -2.40. The molecular formula is C20H28N2O2. The highest BCUT2D eigenvalue weighted by atomic mass is 16.5. The normalized spacial score (nSPS) is 31.0. The number of amides is 1. The van der Waals surface area contributed by atoms with Crippen LogP contribution in [0.4, 0.5) is 0 Å². The fourth-order valence-electron chi connectivity index (χ4n) is 4.31. The number of likely N-dealkylation sites (tertiary alicyclic amines) is 1. The second kappa shape index (κ2) is 7.24. The summed E-state index contributed by atoms with van der Waals surface area (Å²) in [5, 5.41) is 0. The van der Waals surface area contributed by atoms with Gasteiger partial charge in [0.05, 0.1) is 13.2 Å². The van der Waals surface area contributed by atoms with Crippen molar-refractivity contribution in [3.8, 4) is 0 Å². The maximum Gasteiger partial charge on any atom is 0.226 e. The molecule has 1 saturated carbocycles. The van der Waals surface area contributed by atoms with Gasteiger partial charge in [-0.25, -0.2) is 0 Å². The Kier molecular flexibility index (Phi) is 4.86. The Hall–Kier alpha value is -1.39. The second-order valence-electron chi connectivity index (χ2n) is 7.45. The summed E-state index contributed by atoms with van der Waals surface area (Å²) in [7, 11) is 0. The molecule has 3 atom stereocenters. The van der Waals surface area contributed by atoms with Crippen molar-refractivity contribution in [2.75, 3.05) is 39.4 Å². The Morgan fingerprint density at radius 1 is 1.08 bits per heavy atom. The van der Waals surface area contributed by atoms with E-state index >= 15 is 0 Å². The van der Waals surface area contributed by atoms with E-state index in [9.17, 15) is 4.79 Å². The Balaban J connectivity index is 1.38. The molecular weight excluding hydrogens is 300 g/mol. The molecule has 0 N–H and O–H groups in total. The van der Waals surface area contributed by atoms with Gasteiger partial charge in [-0.3, -0.25) is 9.69 Å². The molecule has 1 amide bonds. The highest BCUT2D eigenvalue weighted by Crippen LogP contribution is 2.48. The van der Waals surface area contributed by atoms with Gasteiger partial charge in [0, 0.05) is 38.1 Å². The lowest BCUT2D eigenvalue weighted by molar-refractivity contribution is -0.137. The maximum absolute atomic E-state index is 13.1. The number of morpholine rings is 1. The SMILES string of the molecule is O=C([C@@H]1C[C@H]1c1ccccc1)N1CCCC[C@@H]1CN1CCOCC1. The standard InChI is InChI=1S/C20H28N2O2/c23-20(19-14-18(19)16-6-2-1-3-7-16)22-9-5-4-8-17(22)15-21-10-12-24-13-11-21/h1-3,6-7,17-19H,4-5,8-15H2/t17-,18+,19-/m1/s1. The van der Waals surface area contributed by atoms with E-state index < -0.39 is 0 Å². The number of hydrogen-bond donors (Lipinski definition) is 0. The van der Waals surface area contributed by atoms with Crippen LogP contribution < -0.4 is 0 Å². The first-order chi connectivity index (χ1) is 11.8. The second-order valence-corrected chi connectivity index (χ2v) is 7.45. The molecule has 0 radical (unpaired) electrons. The van der Waals surface area contributed by atoms with Crippen LogP contribution in [0.2, 0.25) is 0 Å². The first kappa shape index (κ1) is 16.1. The van der Waals surface area contributed by atoms with Crippen molar-refractivity contribution in [3.63, 3.8) is 0 Å². The van der Waals surface area contributed by atoms with Gasteiger partial charge in [-0.1, -0.05) is 30.3 Å². The predicted octanol–water partition coefficient (Wildman–Crippen LogP) is 2.50. The van der Waals surface area contributed by atoms with Gasteiger partial charge in [0.1, 0.15) is 0 Å². The van der Waals surface area contributed by atoms with Crippen LogP contribution in [0.3, 0.4) is 0 Å². The number of nitrogens with zero attached hydrogens (tertiary/aromatic N) is 2. The van der Waals surface area contributed by atoms with Crippen LogP contribution in [-0.4, -0.2) is 61.1 Å². The topological polar surface area (TPSA) is 32.8 Å². The summed E-state index contributed by atoms with van der Waals surface area (Å²) < 4.78 is 5.45. The zero-order chi connectivity index (χ0) is 16.4. The molecule has 3 fully saturated rings. The Morgan fingerprint density at radius 3 is 2.67 bits per heavy atom. The molecule has 0 bridgehead atoms. The number of hydrogen-bond acceptors (Lipinski definition) is 3. The van der Waals surface area contributed by atoms with E-state index in [0.717, 1.165) is 58.7 Å². The minimum Gasteiger partial charge on any atom is -0.379 e. The minimum atomic E-state index is 0.220. The van der Waals surface area contributed by atoms with E-state index in [1.807, 2.05) is 6.07 Å². The van der Waals surface area contributed by atoms with E-state index in [1.54, 1.807) is 0 Å². The molecule has 2 aliphatic heterocycles. The molecule has 2 saturated heterocycles. The average Bonchev–Trinajstić information content (AvgIpc) is 3.44. The number of carbonyl (C=O) groups is 1. The largest absolute Gasteiger partial charge is 0.379 e. The zero-order valence-corrected chi connectivity index (χ0v) is 14.4. The summed E-state index contributed by atoms with van der Waals surface area (Å²) in [6.07, 6.45) is 4.61. The van der Waals surface area contributed by atoms with Crippen LogP contribution in [0.1, 0.15) is 37.2 Å². The van der Waals surface area contributed by atoms with Gasteiger partial charge in [0.25, 0.3) is 0 Å². The van der Waals surface area contributed by atoms with Gasteiger partial charge in [0.2, 0.25) is 5.91 Å². The number of ether oxygens (including phenoxy) is 1. The van der Waals surface area contributed by atoms with Crippen LogP contribution in [0.25, 0.3) is 0 Å². The van der Waals surface area contributed by atoms with Crippen LogP contribution in [-0.2, 0) is 9.53 Å². The Labute approximate surface area is 144 Å². The Morgan fingerprint density at radius 2 is 1.88 bits per heavy atom. The molecule has 4 rings (SSSR count). The molecule has 4 nitrogen and oxygen atoms in total.